The molecule has 20 heavy (non-hydrogen) atoms. The molecule has 0 aliphatic carbocycles. The lowest BCUT2D eigenvalue weighted by Gasteiger charge is -2.19. The van der Waals surface area contributed by atoms with Gasteiger partial charge in [-0.2, -0.15) is 5.26 Å². The minimum atomic E-state index is -0.643. The Balaban J connectivity index is 2.24. The molecular weight excluding hydrogens is 278 g/mol. The minimum absolute atomic E-state index is 0.0917. The SMILES string of the molecule is CC(C)N1C(=O)CC(Nc2cc(Cl)ccc2C#N)C1=O. The van der Waals surface area contributed by atoms with Gasteiger partial charge in [0.15, 0.2) is 0 Å². The number of imide groups is 1. The fourth-order valence-electron chi connectivity index (χ4n) is 2.23. The molecule has 0 spiro atoms. The first-order chi connectivity index (χ1) is 9.43. The number of hydrogen-bond acceptors (Lipinski definition) is 4. The number of nitrogens with zero attached hydrogens (tertiary/aromatic N) is 2. The maximum Gasteiger partial charge on any atom is 0.252 e. The van der Waals surface area contributed by atoms with E-state index in [9.17, 15) is 9.59 Å². The highest BCUT2D eigenvalue weighted by Gasteiger charge is 2.40. The molecule has 2 amide bonds. The van der Waals surface area contributed by atoms with Crippen LogP contribution in [0.5, 0.6) is 0 Å². The molecule has 1 N–H and O–H groups in total. The summed E-state index contributed by atoms with van der Waals surface area (Å²) in [6, 6.07) is 5.97. The third-order valence-electron chi connectivity index (χ3n) is 3.13. The second kappa shape index (κ2) is 5.51. The Morgan fingerprint density at radius 1 is 1.45 bits per heavy atom. The number of anilines is 1. The molecule has 2 rings (SSSR count). The number of carbonyl (C=O) groups excluding carboxylic acids is 2. The number of halogens is 1. The Labute approximate surface area is 122 Å². The van der Waals surface area contributed by atoms with Crippen LogP contribution in [-0.2, 0) is 9.59 Å². The predicted octanol–water partition coefficient (Wildman–Crippen LogP) is 2.16. The van der Waals surface area contributed by atoms with Crippen molar-refractivity contribution in [1.29, 1.82) is 5.26 Å². The van der Waals surface area contributed by atoms with Gasteiger partial charge in [0.25, 0.3) is 5.91 Å². The Morgan fingerprint density at radius 3 is 2.70 bits per heavy atom. The third kappa shape index (κ3) is 2.61. The number of benzene rings is 1. The minimum Gasteiger partial charge on any atom is -0.372 e. The number of nitrogens with one attached hydrogen (secondary N) is 1. The maximum absolute atomic E-state index is 12.2. The van der Waals surface area contributed by atoms with Crippen molar-refractivity contribution in [3.05, 3.63) is 28.8 Å². The highest BCUT2D eigenvalue weighted by Crippen LogP contribution is 2.25. The van der Waals surface area contributed by atoms with Gasteiger partial charge in [-0.25, -0.2) is 0 Å². The van der Waals surface area contributed by atoms with Gasteiger partial charge in [0.1, 0.15) is 12.1 Å². The largest absolute Gasteiger partial charge is 0.372 e. The van der Waals surface area contributed by atoms with Crippen LogP contribution < -0.4 is 5.32 Å². The van der Waals surface area contributed by atoms with Gasteiger partial charge in [-0.15, -0.1) is 0 Å². The molecule has 1 unspecified atom stereocenters. The fraction of sp³-hybridized carbons (Fsp3) is 0.357. The molecule has 1 aliphatic heterocycles. The lowest BCUT2D eigenvalue weighted by molar-refractivity contribution is -0.140. The third-order valence-corrected chi connectivity index (χ3v) is 3.37. The van der Waals surface area contributed by atoms with Crippen molar-refractivity contribution >= 4 is 29.1 Å². The van der Waals surface area contributed by atoms with E-state index < -0.39 is 6.04 Å². The zero-order chi connectivity index (χ0) is 14.9. The predicted molar refractivity (Wildman–Crippen MR) is 75.2 cm³/mol. The fourth-order valence-corrected chi connectivity index (χ4v) is 2.40. The van der Waals surface area contributed by atoms with Gasteiger partial charge in [-0.05, 0) is 32.0 Å². The van der Waals surface area contributed by atoms with E-state index >= 15 is 0 Å². The lowest BCUT2D eigenvalue weighted by Crippen LogP contribution is -2.39. The van der Waals surface area contributed by atoms with E-state index in [1.807, 2.05) is 6.07 Å². The van der Waals surface area contributed by atoms with Gasteiger partial charge < -0.3 is 5.32 Å². The summed E-state index contributed by atoms with van der Waals surface area (Å²) >= 11 is 5.89. The Morgan fingerprint density at radius 2 is 2.15 bits per heavy atom. The van der Waals surface area contributed by atoms with Gasteiger partial charge in [-0.1, -0.05) is 11.6 Å². The summed E-state index contributed by atoms with van der Waals surface area (Å²) < 4.78 is 0. The second-order valence-electron chi connectivity index (χ2n) is 4.90. The lowest BCUT2D eigenvalue weighted by atomic mass is 10.1. The number of likely N-dealkylation sites (tertiary alicyclic amines) is 1. The first-order valence-corrected chi connectivity index (χ1v) is 6.64. The molecule has 1 aromatic carbocycles. The van der Waals surface area contributed by atoms with Gasteiger partial charge in [0.05, 0.1) is 17.7 Å². The van der Waals surface area contributed by atoms with Crippen LogP contribution in [-0.4, -0.2) is 28.8 Å². The van der Waals surface area contributed by atoms with Gasteiger partial charge in [-0.3, -0.25) is 14.5 Å². The van der Waals surface area contributed by atoms with E-state index in [0.29, 0.717) is 16.3 Å². The molecule has 0 aromatic heterocycles. The highest BCUT2D eigenvalue weighted by atomic mass is 35.5. The van der Waals surface area contributed by atoms with Crippen molar-refractivity contribution in [2.45, 2.75) is 32.4 Å². The molecule has 1 aromatic rings. The van der Waals surface area contributed by atoms with Crippen LogP contribution in [0.15, 0.2) is 18.2 Å². The molecule has 1 heterocycles. The zero-order valence-electron chi connectivity index (χ0n) is 11.2. The van der Waals surface area contributed by atoms with Crippen LogP contribution in [0.3, 0.4) is 0 Å². The molecule has 0 bridgehead atoms. The van der Waals surface area contributed by atoms with Crippen LogP contribution in [0.4, 0.5) is 5.69 Å². The summed E-state index contributed by atoms with van der Waals surface area (Å²) in [5, 5.41) is 12.5. The summed E-state index contributed by atoms with van der Waals surface area (Å²) in [7, 11) is 0. The first kappa shape index (κ1) is 14.4. The zero-order valence-corrected chi connectivity index (χ0v) is 11.9. The van der Waals surface area contributed by atoms with E-state index in [1.54, 1.807) is 32.0 Å². The van der Waals surface area contributed by atoms with E-state index in [0.717, 1.165) is 0 Å². The van der Waals surface area contributed by atoms with Crippen molar-refractivity contribution in [2.24, 2.45) is 0 Å². The Kier molecular flexibility index (Phi) is 3.96. The van der Waals surface area contributed by atoms with Gasteiger partial charge in [0.2, 0.25) is 5.91 Å². The quantitative estimate of drug-likeness (QED) is 0.866. The molecule has 0 radical (unpaired) electrons. The average molecular weight is 292 g/mol. The molecule has 1 atom stereocenters. The maximum atomic E-state index is 12.2. The molecular formula is C14H14ClN3O2. The molecule has 6 heteroatoms. The van der Waals surface area contributed by atoms with Crippen LogP contribution in [0.25, 0.3) is 0 Å². The van der Waals surface area contributed by atoms with Crippen molar-refractivity contribution in [2.75, 3.05) is 5.32 Å². The normalized spacial score (nSPS) is 18.6. The summed E-state index contributed by atoms with van der Waals surface area (Å²) in [4.78, 5) is 25.2. The smallest absolute Gasteiger partial charge is 0.252 e. The number of rotatable bonds is 3. The summed E-state index contributed by atoms with van der Waals surface area (Å²) in [5.41, 5.74) is 0.856. The van der Waals surface area contributed by atoms with E-state index in [-0.39, 0.29) is 24.3 Å². The molecule has 104 valence electrons. The van der Waals surface area contributed by atoms with Gasteiger partial charge in [0, 0.05) is 11.1 Å². The van der Waals surface area contributed by atoms with E-state index in [1.165, 1.54) is 4.90 Å². The average Bonchev–Trinajstić information content (AvgIpc) is 2.64. The molecule has 1 saturated heterocycles. The van der Waals surface area contributed by atoms with E-state index in [4.69, 9.17) is 16.9 Å². The highest BCUT2D eigenvalue weighted by molar-refractivity contribution is 6.30. The van der Waals surface area contributed by atoms with Crippen molar-refractivity contribution in [3.63, 3.8) is 0 Å². The summed E-state index contributed by atoms with van der Waals surface area (Å²) in [6.45, 7) is 3.58. The summed E-state index contributed by atoms with van der Waals surface area (Å²) in [5.74, 6) is -0.475. The standard InChI is InChI=1S/C14H14ClN3O2/c1-8(2)18-13(19)6-12(14(18)20)17-11-5-10(15)4-3-9(11)7-16/h3-5,8,12,17H,6H2,1-2H3. The molecule has 1 aliphatic rings. The summed E-state index contributed by atoms with van der Waals surface area (Å²) in [6.07, 6.45) is 0.0917. The van der Waals surface area contributed by atoms with Crippen molar-refractivity contribution in [1.82, 2.24) is 4.90 Å². The number of carbonyl (C=O) groups is 2. The van der Waals surface area contributed by atoms with Crippen LogP contribution >= 0.6 is 11.6 Å². The second-order valence-corrected chi connectivity index (χ2v) is 5.33. The van der Waals surface area contributed by atoms with Crippen LogP contribution in [0.1, 0.15) is 25.8 Å². The number of amides is 2. The Bertz CT molecular complexity index is 607. The monoisotopic (exact) mass is 291 g/mol. The molecule has 5 nitrogen and oxygen atoms in total. The van der Waals surface area contributed by atoms with E-state index in [2.05, 4.69) is 5.32 Å². The molecule has 0 saturated carbocycles. The first-order valence-electron chi connectivity index (χ1n) is 6.26. The Hall–Kier alpha value is -2.06. The molecule has 1 fully saturated rings. The van der Waals surface area contributed by atoms with Gasteiger partial charge >= 0.3 is 0 Å². The van der Waals surface area contributed by atoms with Crippen molar-refractivity contribution < 1.29 is 9.59 Å². The number of hydrogen-bond donors (Lipinski definition) is 1. The number of nitriles is 1. The van der Waals surface area contributed by atoms with Crippen molar-refractivity contribution in [3.8, 4) is 6.07 Å². The van der Waals surface area contributed by atoms with Crippen LogP contribution in [0.2, 0.25) is 5.02 Å². The topological polar surface area (TPSA) is 73.2 Å². The van der Waals surface area contributed by atoms with Crippen LogP contribution in [0, 0.1) is 11.3 Å².